The summed E-state index contributed by atoms with van der Waals surface area (Å²) in [7, 11) is 0. The number of halogens is 1. The fourth-order valence-electron chi connectivity index (χ4n) is 4.65. The molecule has 8 nitrogen and oxygen atoms in total. The summed E-state index contributed by atoms with van der Waals surface area (Å²) in [5, 5.41) is 29.3. The maximum atomic E-state index is 13.2. The second kappa shape index (κ2) is 8.88. The Bertz CT molecular complexity index is 1370. The number of fused-ring (bicyclic) bond motifs is 1. The van der Waals surface area contributed by atoms with Crippen molar-refractivity contribution in [2.24, 2.45) is 0 Å². The zero-order chi connectivity index (χ0) is 23.8. The van der Waals surface area contributed by atoms with E-state index in [1.165, 1.54) is 6.07 Å². The zero-order valence-electron chi connectivity index (χ0n) is 19.0. The van der Waals surface area contributed by atoms with Gasteiger partial charge in [0.2, 0.25) is 0 Å². The Morgan fingerprint density at radius 2 is 2.03 bits per heavy atom. The van der Waals surface area contributed by atoms with E-state index in [0.29, 0.717) is 16.8 Å². The molecule has 0 aromatic carbocycles. The summed E-state index contributed by atoms with van der Waals surface area (Å²) in [4.78, 5) is 4.05. The van der Waals surface area contributed by atoms with E-state index >= 15 is 0 Å². The van der Waals surface area contributed by atoms with Gasteiger partial charge >= 0.3 is 0 Å². The van der Waals surface area contributed by atoms with Crippen LogP contribution in [0.25, 0.3) is 16.6 Å². The normalized spacial score (nSPS) is 19.1. The van der Waals surface area contributed by atoms with Gasteiger partial charge in [0.25, 0.3) is 5.88 Å². The number of nitrogens with zero attached hydrogens (tertiary/aromatic N) is 6. The van der Waals surface area contributed by atoms with E-state index in [1.54, 1.807) is 17.5 Å². The predicted molar refractivity (Wildman–Crippen MR) is 123 cm³/mol. The second-order valence-corrected chi connectivity index (χ2v) is 8.71. The highest BCUT2D eigenvalue weighted by Crippen LogP contribution is 2.33. The summed E-state index contributed by atoms with van der Waals surface area (Å²) in [6.45, 7) is 3.78. The number of aromatic nitrogens is 5. The first kappa shape index (κ1) is 22.0. The van der Waals surface area contributed by atoms with Crippen molar-refractivity contribution in [1.29, 1.82) is 5.26 Å². The molecule has 0 saturated heterocycles. The third kappa shape index (κ3) is 3.90. The average molecular weight is 461 g/mol. The van der Waals surface area contributed by atoms with Crippen molar-refractivity contribution in [2.45, 2.75) is 57.8 Å². The maximum absolute atomic E-state index is 13.2. The lowest BCUT2D eigenvalue weighted by Crippen LogP contribution is -2.28. The maximum Gasteiger partial charge on any atom is 0.252 e. The van der Waals surface area contributed by atoms with Crippen molar-refractivity contribution in [3.63, 3.8) is 0 Å². The van der Waals surface area contributed by atoms with Crippen LogP contribution in [0.3, 0.4) is 0 Å². The number of hydrogen-bond acceptors (Lipinski definition) is 6. The number of aliphatic hydroxyl groups excluding tert-OH is 1. The molecule has 0 radical (unpaired) electrons. The second-order valence-electron chi connectivity index (χ2n) is 8.71. The molecule has 0 spiro atoms. The van der Waals surface area contributed by atoms with Crippen LogP contribution in [0.1, 0.15) is 61.7 Å². The lowest BCUT2D eigenvalue weighted by Gasteiger charge is -2.28. The lowest BCUT2D eigenvalue weighted by molar-refractivity contribution is 0.0684. The Balaban J connectivity index is 1.46. The predicted octanol–water partition coefficient (Wildman–Crippen LogP) is 4.53. The van der Waals surface area contributed by atoms with Crippen LogP contribution < -0.4 is 4.74 Å². The van der Waals surface area contributed by atoms with Gasteiger partial charge in [-0.15, -0.1) is 5.10 Å². The number of aliphatic hydroxyl groups is 1. The van der Waals surface area contributed by atoms with Crippen LogP contribution >= 0.6 is 0 Å². The van der Waals surface area contributed by atoms with E-state index in [2.05, 4.69) is 21.3 Å². The van der Waals surface area contributed by atoms with E-state index in [9.17, 15) is 14.8 Å². The van der Waals surface area contributed by atoms with E-state index < -0.39 is 11.9 Å². The molecule has 1 fully saturated rings. The van der Waals surface area contributed by atoms with Crippen LogP contribution in [-0.2, 0) is 0 Å². The monoisotopic (exact) mass is 460 g/mol. The summed E-state index contributed by atoms with van der Waals surface area (Å²) in [6, 6.07) is 8.79. The Kier molecular flexibility index (Phi) is 5.75. The molecular weight excluding hydrogens is 435 g/mol. The van der Waals surface area contributed by atoms with Gasteiger partial charge in [0.1, 0.15) is 23.6 Å². The molecule has 174 valence electrons. The first-order valence-electron chi connectivity index (χ1n) is 11.4. The number of pyridine rings is 2. The summed E-state index contributed by atoms with van der Waals surface area (Å²) < 4.78 is 22.7. The molecule has 0 aliphatic heterocycles. The molecule has 0 amide bonds. The largest absolute Gasteiger partial charge is 0.466 e. The van der Waals surface area contributed by atoms with Crippen molar-refractivity contribution < 1.29 is 14.2 Å². The van der Waals surface area contributed by atoms with E-state index in [4.69, 9.17) is 4.74 Å². The number of ether oxygens (including phenoxy) is 1. The minimum atomic E-state index is -0.514. The molecule has 3 atom stereocenters. The third-order valence-electron chi connectivity index (χ3n) is 6.53. The quantitative estimate of drug-likeness (QED) is 0.470. The highest BCUT2D eigenvalue weighted by atomic mass is 19.1. The van der Waals surface area contributed by atoms with Crippen molar-refractivity contribution in [3.8, 4) is 23.1 Å². The molecule has 5 rings (SSSR count). The van der Waals surface area contributed by atoms with Crippen LogP contribution in [0.15, 0.2) is 42.9 Å². The van der Waals surface area contributed by atoms with Crippen molar-refractivity contribution in [3.05, 3.63) is 65.6 Å². The van der Waals surface area contributed by atoms with Gasteiger partial charge in [-0.25, -0.2) is 8.91 Å². The molecule has 4 heterocycles. The molecule has 0 bridgehead atoms. The highest BCUT2D eigenvalue weighted by Gasteiger charge is 2.27. The minimum absolute atomic E-state index is 0.0114. The molecule has 1 saturated carbocycles. The smallest absolute Gasteiger partial charge is 0.252 e. The van der Waals surface area contributed by atoms with Crippen LogP contribution in [0.4, 0.5) is 4.39 Å². The van der Waals surface area contributed by atoms with Gasteiger partial charge in [-0.2, -0.15) is 10.4 Å². The molecule has 4 aromatic rings. The minimum Gasteiger partial charge on any atom is -0.466 e. The van der Waals surface area contributed by atoms with Crippen molar-refractivity contribution >= 4 is 5.52 Å². The summed E-state index contributed by atoms with van der Waals surface area (Å²) in [5.41, 5.74) is 4.29. The average Bonchev–Trinajstić information content (AvgIpc) is 3.38. The standard InChI is InChI=1S/C25H25FN6O2/c1-15-20(13-29-32(15)23-5-3-4-6-24(23)33)17-7-10-22-19(11-27)25(30-31(22)14-17)34-16(2)21-9-8-18(26)12-28-21/h7-10,12-14,16,23-24,33H,3-6H2,1-2H3/t16-,23+,24+/m1/s1. The van der Waals surface area contributed by atoms with Gasteiger partial charge in [0.05, 0.1) is 35.8 Å². The van der Waals surface area contributed by atoms with Gasteiger partial charge in [-0.1, -0.05) is 18.9 Å². The highest BCUT2D eigenvalue weighted by molar-refractivity contribution is 5.71. The van der Waals surface area contributed by atoms with Crippen LogP contribution in [0.5, 0.6) is 5.88 Å². The van der Waals surface area contributed by atoms with E-state index in [-0.39, 0.29) is 18.0 Å². The van der Waals surface area contributed by atoms with Gasteiger partial charge in [0.15, 0.2) is 0 Å². The number of nitriles is 1. The topological polar surface area (TPSA) is 101 Å². The molecular formula is C25H25FN6O2. The summed E-state index contributed by atoms with van der Waals surface area (Å²) >= 11 is 0. The molecule has 1 N–H and O–H groups in total. The molecule has 34 heavy (non-hydrogen) atoms. The van der Waals surface area contributed by atoms with E-state index in [1.807, 2.05) is 36.1 Å². The SMILES string of the molecule is Cc1c(-c2ccc3c(C#N)c(O[C@H](C)c4ccc(F)cn4)nn3c2)cnn1[C@H]1CCCC[C@@H]1O. The Morgan fingerprint density at radius 1 is 1.21 bits per heavy atom. The Morgan fingerprint density at radius 3 is 2.76 bits per heavy atom. The van der Waals surface area contributed by atoms with Crippen molar-refractivity contribution in [2.75, 3.05) is 0 Å². The Hall–Kier alpha value is -3.77. The van der Waals surface area contributed by atoms with Crippen LogP contribution in [0, 0.1) is 24.1 Å². The van der Waals surface area contributed by atoms with Crippen molar-refractivity contribution in [1.82, 2.24) is 24.4 Å². The molecule has 9 heteroatoms. The molecule has 0 unspecified atom stereocenters. The fourth-order valence-corrected chi connectivity index (χ4v) is 4.65. The summed E-state index contributed by atoms with van der Waals surface area (Å²) in [5.74, 6) is -0.235. The van der Waals surface area contributed by atoms with Gasteiger partial charge in [0, 0.05) is 23.0 Å². The lowest BCUT2D eigenvalue weighted by atomic mass is 9.92. The number of rotatable bonds is 5. The van der Waals surface area contributed by atoms with Crippen LogP contribution in [0.2, 0.25) is 0 Å². The number of hydrogen-bond donors (Lipinski definition) is 1. The van der Waals surface area contributed by atoms with Crippen LogP contribution in [-0.4, -0.2) is 35.6 Å². The zero-order valence-corrected chi connectivity index (χ0v) is 19.0. The van der Waals surface area contributed by atoms with Gasteiger partial charge in [-0.05, 0) is 44.9 Å². The first-order chi connectivity index (χ1) is 16.5. The van der Waals surface area contributed by atoms with E-state index in [0.717, 1.165) is 48.7 Å². The van der Waals surface area contributed by atoms with Gasteiger partial charge < -0.3 is 9.84 Å². The third-order valence-corrected chi connectivity index (χ3v) is 6.53. The molecule has 1 aliphatic carbocycles. The van der Waals surface area contributed by atoms with Gasteiger partial charge in [-0.3, -0.25) is 9.67 Å². The molecule has 4 aromatic heterocycles. The Labute approximate surface area is 196 Å². The first-order valence-corrected chi connectivity index (χ1v) is 11.4. The molecule has 1 aliphatic rings. The fraction of sp³-hybridized carbons (Fsp3) is 0.360. The summed E-state index contributed by atoms with van der Waals surface area (Å²) in [6.07, 6.45) is 7.72.